The molecular weight excluding hydrogens is 276 g/mol. The fourth-order valence-electron chi connectivity index (χ4n) is 3.27. The Kier molecular flexibility index (Phi) is 2.15. The molecule has 2 atom stereocenters. The number of aromatic nitrogens is 2. The summed E-state index contributed by atoms with van der Waals surface area (Å²) < 4.78 is 0. The fraction of sp³-hybridized carbons (Fsp3) is 0.176. The molecule has 22 heavy (non-hydrogen) atoms. The first-order valence-electron chi connectivity index (χ1n) is 7.36. The summed E-state index contributed by atoms with van der Waals surface area (Å²) in [7, 11) is 2.06. The first-order valence-corrected chi connectivity index (χ1v) is 7.36. The van der Waals surface area contributed by atoms with E-state index in [1.165, 1.54) is 0 Å². The molecule has 1 saturated heterocycles. The third kappa shape index (κ3) is 1.46. The van der Waals surface area contributed by atoms with Crippen LogP contribution in [0.15, 0.2) is 36.4 Å². The first kappa shape index (κ1) is 11.9. The van der Waals surface area contributed by atoms with Crippen LogP contribution in [0.3, 0.4) is 0 Å². The van der Waals surface area contributed by atoms with E-state index >= 15 is 0 Å². The lowest BCUT2D eigenvalue weighted by Gasteiger charge is -2.19. The Labute approximate surface area is 126 Å². The highest BCUT2D eigenvalue weighted by Gasteiger charge is 2.33. The molecule has 1 aliphatic carbocycles. The van der Waals surface area contributed by atoms with Gasteiger partial charge in [-0.1, -0.05) is 24.3 Å². The predicted molar refractivity (Wildman–Crippen MR) is 85.0 cm³/mol. The zero-order chi connectivity index (χ0) is 14.8. The van der Waals surface area contributed by atoms with Crippen molar-refractivity contribution >= 4 is 22.4 Å². The van der Waals surface area contributed by atoms with Crippen molar-refractivity contribution in [3.8, 4) is 11.3 Å². The van der Waals surface area contributed by atoms with Gasteiger partial charge in [-0.3, -0.25) is 14.8 Å². The molecule has 2 heterocycles. The number of carbonyl (C=O) groups excluding carboxylic acids is 1. The maximum Gasteiger partial charge on any atom is 0.196 e. The molecule has 0 spiro atoms. The van der Waals surface area contributed by atoms with Crippen molar-refractivity contribution in [2.24, 2.45) is 0 Å². The molecule has 3 aromatic rings. The van der Waals surface area contributed by atoms with Gasteiger partial charge in [0.15, 0.2) is 5.78 Å². The van der Waals surface area contributed by atoms with Crippen LogP contribution >= 0.6 is 0 Å². The molecule has 2 aliphatic rings. The Hall–Kier alpha value is -2.66. The second-order valence-electron chi connectivity index (χ2n) is 5.96. The topological polar surface area (TPSA) is 60.8 Å². The molecule has 5 rings (SSSR count). The number of rotatable bonds is 2. The van der Waals surface area contributed by atoms with Crippen LogP contribution in [0.25, 0.3) is 22.2 Å². The molecule has 5 heteroatoms. The summed E-state index contributed by atoms with van der Waals surface area (Å²) in [4.78, 5) is 15.2. The Balaban J connectivity index is 1.78. The average Bonchev–Trinajstić information content (AvgIpc) is 3.06. The standard InChI is InChI=1S/C17H14N4O/c1-21-8-13(21)18-11-6-2-4-9-15(11)17(22)10-5-3-7-12-14(10)16(9)20-19-12/h2-7,13,18H,8H2,1H3,(H,19,20). The number of nitrogens with one attached hydrogen (secondary N) is 2. The van der Waals surface area contributed by atoms with Crippen molar-refractivity contribution in [3.63, 3.8) is 0 Å². The number of nitrogens with zero attached hydrogens (tertiary/aromatic N) is 2. The molecule has 5 nitrogen and oxygen atoms in total. The molecule has 1 aliphatic heterocycles. The van der Waals surface area contributed by atoms with Crippen LogP contribution in [0.2, 0.25) is 0 Å². The average molecular weight is 290 g/mol. The van der Waals surface area contributed by atoms with Gasteiger partial charge in [0.25, 0.3) is 0 Å². The Bertz CT molecular complexity index is 943. The van der Waals surface area contributed by atoms with Gasteiger partial charge in [-0.15, -0.1) is 0 Å². The smallest absolute Gasteiger partial charge is 0.196 e. The first-order chi connectivity index (χ1) is 10.7. The van der Waals surface area contributed by atoms with Crippen LogP contribution in [-0.2, 0) is 0 Å². The molecule has 0 radical (unpaired) electrons. The lowest BCUT2D eigenvalue weighted by molar-refractivity contribution is 0.104. The zero-order valence-corrected chi connectivity index (χ0v) is 12.1. The van der Waals surface area contributed by atoms with Crippen LogP contribution < -0.4 is 5.32 Å². The van der Waals surface area contributed by atoms with E-state index in [1.54, 1.807) is 0 Å². The van der Waals surface area contributed by atoms with E-state index in [9.17, 15) is 4.79 Å². The number of carbonyl (C=O) groups is 1. The highest BCUT2D eigenvalue weighted by Crippen LogP contribution is 2.41. The van der Waals surface area contributed by atoms with E-state index in [-0.39, 0.29) is 5.78 Å². The molecular formula is C17H14N4O. The van der Waals surface area contributed by atoms with Crippen molar-refractivity contribution < 1.29 is 4.79 Å². The number of benzene rings is 2. The molecule has 2 unspecified atom stereocenters. The number of ketones is 1. The van der Waals surface area contributed by atoms with Gasteiger partial charge in [-0.2, -0.15) is 5.10 Å². The highest BCUT2D eigenvalue weighted by molar-refractivity contribution is 6.27. The van der Waals surface area contributed by atoms with Gasteiger partial charge in [0.2, 0.25) is 0 Å². The van der Waals surface area contributed by atoms with Crippen LogP contribution in [0.5, 0.6) is 0 Å². The SMILES string of the molecule is CN1CC1Nc1cccc2c1C(=O)c1cccc3[nH]nc-2c13. The molecule has 0 bridgehead atoms. The minimum Gasteiger partial charge on any atom is -0.368 e. The summed E-state index contributed by atoms with van der Waals surface area (Å²) in [6, 6.07) is 11.7. The summed E-state index contributed by atoms with van der Waals surface area (Å²) in [5.41, 5.74) is 5.03. The van der Waals surface area contributed by atoms with Crippen molar-refractivity contribution in [3.05, 3.63) is 47.5 Å². The molecule has 2 aromatic carbocycles. The molecule has 108 valence electrons. The highest BCUT2D eigenvalue weighted by atomic mass is 16.1. The van der Waals surface area contributed by atoms with Crippen molar-refractivity contribution in [2.75, 3.05) is 18.9 Å². The zero-order valence-electron chi connectivity index (χ0n) is 12.1. The van der Waals surface area contributed by atoms with Crippen LogP contribution in [0, 0.1) is 0 Å². The summed E-state index contributed by atoms with van der Waals surface area (Å²) in [6.45, 7) is 1.00. The Morgan fingerprint density at radius 1 is 1.23 bits per heavy atom. The van der Waals surface area contributed by atoms with E-state index in [0.29, 0.717) is 6.17 Å². The van der Waals surface area contributed by atoms with Crippen LogP contribution in [-0.4, -0.2) is 40.6 Å². The van der Waals surface area contributed by atoms with E-state index in [4.69, 9.17) is 0 Å². The molecule has 0 amide bonds. The van der Waals surface area contributed by atoms with E-state index in [0.717, 1.165) is 45.5 Å². The second kappa shape index (κ2) is 3.96. The van der Waals surface area contributed by atoms with E-state index in [2.05, 4.69) is 27.5 Å². The summed E-state index contributed by atoms with van der Waals surface area (Å²) in [5, 5.41) is 11.8. The van der Waals surface area contributed by atoms with Gasteiger partial charge in [-0.05, 0) is 19.2 Å². The quantitative estimate of drug-likeness (QED) is 0.557. The van der Waals surface area contributed by atoms with Gasteiger partial charge in [0.1, 0.15) is 5.69 Å². The van der Waals surface area contributed by atoms with Gasteiger partial charge in [-0.25, -0.2) is 0 Å². The molecule has 2 N–H and O–H groups in total. The molecule has 0 saturated carbocycles. The minimum atomic E-state index is 0.0703. The van der Waals surface area contributed by atoms with E-state index < -0.39 is 0 Å². The van der Waals surface area contributed by atoms with Crippen molar-refractivity contribution in [1.82, 2.24) is 15.1 Å². The third-order valence-electron chi connectivity index (χ3n) is 4.56. The van der Waals surface area contributed by atoms with E-state index in [1.807, 2.05) is 36.4 Å². The number of fused-ring (bicyclic) bond motifs is 2. The number of hydrogen-bond acceptors (Lipinski definition) is 4. The van der Waals surface area contributed by atoms with Gasteiger partial charge < -0.3 is 5.32 Å². The minimum absolute atomic E-state index is 0.0703. The summed E-state index contributed by atoms with van der Waals surface area (Å²) in [6.07, 6.45) is 0.315. The molecule has 1 fully saturated rings. The fourth-order valence-corrected chi connectivity index (χ4v) is 3.27. The van der Waals surface area contributed by atoms with Crippen molar-refractivity contribution in [2.45, 2.75) is 6.17 Å². The predicted octanol–water partition coefficient (Wildman–Crippen LogP) is 2.46. The maximum atomic E-state index is 13.0. The number of H-pyrrole nitrogens is 1. The normalized spacial score (nSPS) is 21.8. The van der Waals surface area contributed by atoms with Gasteiger partial charge >= 0.3 is 0 Å². The number of aromatic amines is 1. The summed E-state index contributed by atoms with van der Waals surface area (Å²) in [5.74, 6) is 0.0703. The number of hydrogen-bond donors (Lipinski definition) is 2. The van der Waals surface area contributed by atoms with Crippen LogP contribution in [0.4, 0.5) is 5.69 Å². The van der Waals surface area contributed by atoms with Gasteiger partial charge in [0, 0.05) is 28.7 Å². The third-order valence-corrected chi connectivity index (χ3v) is 4.56. The largest absolute Gasteiger partial charge is 0.368 e. The maximum absolute atomic E-state index is 13.0. The number of anilines is 1. The lowest BCUT2D eigenvalue weighted by Crippen LogP contribution is -2.16. The van der Waals surface area contributed by atoms with Crippen LogP contribution in [0.1, 0.15) is 15.9 Å². The lowest BCUT2D eigenvalue weighted by atomic mass is 9.86. The second-order valence-corrected chi connectivity index (χ2v) is 5.96. The van der Waals surface area contributed by atoms with Crippen molar-refractivity contribution in [1.29, 1.82) is 0 Å². The summed E-state index contributed by atoms with van der Waals surface area (Å²) >= 11 is 0. The Morgan fingerprint density at radius 2 is 2.00 bits per heavy atom. The molecule has 1 aromatic heterocycles. The Morgan fingerprint density at radius 3 is 2.82 bits per heavy atom. The number of likely N-dealkylation sites (N-methyl/N-ethyl adjacent to an activating group) is 1. The van der Waals surface area contributed by atoms with Gasteiger partial charge in [0.05, 0.1) is 17.2 Å². The monoisotopic (exact) mass is 290 g/mol.